The van der Waals surface area contributed by atoms with Gasteiger partial charge in [-0.2, -0.15) is 5.26 Å². The van der Waals surface area contributed by atoms with Crippen LogP contribution < -0.4 is 5.32 Å². The molecular weight excluding hydrogens is 401 g/mol. The van der Waals surface area contributed by atoms with Crippen LogP contribution in [0, 0.1) is 18.3 Å². The molecule has 0 aliphatic rings. The molecule has 120 valence electrons. The zero-order chi connectivity index (χ0) is 17.1. The number of anilines is 1. The maximum Gasteiger partial charge on any atom is 0.262 e. The van der Waals surface area contributed by atoms with Gasteiger partial charge in [-0.25, -0.2) is 4.98 Å². The maximum absolute atomic E-state index is 12.3. The lowest BCUT2D eigenvalue weighted by Crippen LogP contribution is -2.13. The number of halogens is 3. The predicted octanol–water partition coefficient (Wildman–Crippen LogP) is 4.99. The Kier molecular flexibility index (Phi) is 6.00. The van der Waals surface area contributed by atoms with Crippen molar-refractivity contribution in [2.24, 2.45) is 0 Å². The molecule has 2 N–H and O–H groups in total. The summed E-state index contributed by atoms with van der Waals surface area (Å²) in [6, 6.07) is 3.27. The average Bonchev–Trinajstić information content (AvgIpc) is 2.83. The number of carbonyl (C=O) groups is 1. The van der Waals surface area contributed by atoms with Crippen LogP contribution in [0.1, 0.15) is 16.1 Å². The highest BCUT2D eigenvalue weighted by Gasteiger charge is 2.22. The summed E-state index contributed by atoms with van der Waals surface area (Å²) in [6.45, 7) is 1.77. The Morgan fingerprint density at radius 3 is 2.83 bits per heavy atom. The van der Waals surface area contributed by atoms with Gasteiger partial charge in [0.25, 0.3) is 5.91 Å². The lowest BCUT2D eigenvalue weighted by atomic mass is 10.2. The van der Waals surface area contributed by atoms with Gasteiger partial charge < -0.3 is 5.11 Å². The third kappa shape index (κ3) is 4.03. The molecule has 2 rings (SSSR count). The molecule has 0 saturated carbocycles. The summed E-state index contributed by atoms with van der Waals surface area (Å²) in [6.07, 6.45) is 0. The predicted molar refractivity (Wildman–Crippen MR) is 94.3 cm³/mol. The number of nitrogens with one attached hydrogen (secondary N) is 1. The number of thiazole rings is 1. The van der Waals surface area contributed by atoms with Gasteiger partial charge in [0, 0.05) is 0 Å². The highest BCUT2D eigenvalue weighted by Crippen LogP contribution is 2.39. The fourth-order valence-electron chi connectivity index (χ4n) is 1.62. The van der Waals surface area contributed by atoms with Crippen LogP contribution in [0.3, 0.4) is 0 Å². The van der Waals surface area contributed by atoms with Crippen LogP contribution in [-0.2, 0) is 0 Å². The summed E-state index contributed by atoms with van der Waals surface area (Å²) in [7, 11) is 0. The van der Waals surface area contributed by atoms with Crippen molar-refractivity contribution in [2.45, 2.75) is 11.1 Å². The highest BCUT2D eigenvalue weighted by molar-refractivity contribution is 8.01. The Morgan fingerprint density at radius 1 is 1.48 bits per heavy atom. The Hall–Kier alpha value is -1.17. The third-order valence-corrected chi connectivity index (χ3v) is 5.99. The van der Waals surface area contributed by atoms with Crippen molar-refractivity contribution in [2.75, 3.05) is 11.1 Å². The van der Waals surface area contributed by atoms with E-state index in [1.54, 1.807) is 6.92 Å². The van der Waals surface area contributed by atoms with E-state index in [1.807, 2.05) is 6.07 Å². The van der Waals surface area contributed by atoms with Gasteiger partial charge in [-0.1, -0.05) is 57.9 Å². The number of rotatable bonds is 4. The molecule has 1 aromatic heterocycles. The van der Waals surface area contributed by atoms with Crippen molar-refractivity contribution in [1.82, 2.24) is 4.98 Å². The second-order valence-electron chi connectivity index (χ2n) is 4.17. The number of aromatic hydroxyl groups is 1. The minimum atomic E-state index is -0.678. The Morgan fingerprint density at radius 2 is 2.17 bits per heavy atom. The van der Waals surface area contributed by atoms with Crippen LogP contribution in [-0.4, -0.2) is 21.8 Å². The van der Waals surface area contributed by atoms with Gasteiger partial charge in [0.15, 0.2) is 5.13 Å². The lowest BCUT2D eigenvalue weighted by molar-refractivity contribution is 0.102. The van der Waals surface area contributed by atoms with Gasteiger partial charge >= 0.3 is 0 Å². The number of phenols is 1. The molecule has 0 fully saturated rings. The molecule has 0 radical (unpaired) electrons. The molecule has 0 aliphatic heterocycles. The molecule has 0 aliphatic carbocycles. The molecule has 1 aromatic carbocycles. The molecule has 1 amide bonds. The van der Waals surface area contributed by atoms with Crippen LogP contribution in [0.5, 0.6) is 5.75 Å². The molecular formula is C13H8Cl3N3O2S2. The first-order valence-electron chi connectivity index (χ1n) is 6.00. The summed E-state index contributed by atoms with van der Waals surface area (Å²) in [5, 5.41) is 21.3. The fraction of sp³-hybridized carbons (Fsp3) is 0.154. The van der Waals surface area contributed by atoms with E-state index >= 15 is 0 Å². The molecule has 0 unspecified atom stereocenters. The normalized spacial score (nSPS) is 10.4. The van der Waals surface area contributed by atoms with Gasteiger partial charge in [0.1, 0.15) is 11.3 Å². The number of hydrogen-bond acceptors (Lipinski definition) is 6. The molecule has 0 spiro atoms. The Balaban J connectivity index is 2.29. The van der Waals surface area contributed by atoms with Gasteiger partial charge in [-0.3, -0.25) is 10.1 Å². The van der Waals surface area contributed by atoms with Gasteiger partial charge in [0.05, 0.1) is 36.8 Å². The number of thioether (sulfide) groups is 1. The number of benzene rings is 1. The van der Waals surface area contributed by atoms with E-state index in [2.05, 4.69) is 10.3 Å². The second-order valence-corrected chi connectivity index (χ2v) is 7.61. The molecule has 23 heavy (non-hydrogen) atoms. The molecule has 0 bridgehead atoms. The zero-order valence-corrected chi connectivity index (χ0v) is 15.4. The number of carbonyl (C=O) groups excluding carboxylic acids is 1. The first-order chi connectivity index (χ1) is 10.8. The van der Waals surface area contributed by atoms with Gasteiger partial charge in [0.2, 0.25) is 0 Å². The molecule has 0 atom stereocenters. The molecule has 5 nitrogen and oxygen atoms in total. The van der Waals surface area contributed by atoms with E-state index in [1.165, 1.54) is 29.2 Å². The smallest absolute Gasteiger partial charge is 0.262 e. The summed E-state index contributed by atoms with van der Waals surface area (Å²) in [5.74, 6) is -0.846. The Labute approximate surface area is 155 Å². The quantitative estimate of drug-likeness (QED) is 0.550. The first kappa shape index (κ1) is 18.2. The minimum absolute atomic E-state index is 0.0557. The van der Waals surface area contributed by atoms with Gasteiger partial charge in [-0.05, 0) is 13.0 Å². The van der Waals surface area contributed by atoms with E-state index < -0.39 is 11.7 Å². The molecule has 0 saturated heterocycles. The summed E-state index contributed by atoms with van der Waals surface area (Å²) < 4.78 is 0.821. The largest absolute Gasteiger partial charge is 0.505 e. The van der Waals surface area contributed by atoms with Crippen molar-refractivity contribution in [3.63, 3.8) is 0 Å². The molecule has 10 heteroatoms. The Bertz CT molecular complexity index is 792. The van der Waals surface area contributed by atoms with Crippen LogP contribution in [0.4, 0.5) is 5.13 Å². The molecule has 2 aromatic rings. The second kappa shape index (κ2) is 7.60. The minimum Gasteiger partial charge on any atom is -0.505 e. The maximum atomic E-state index is 12.3. The topological polar surface area (TPSA) is 86.0 Å². The highest BCUT2D eigenvalue weighted by atomic mass is 35.5. The summed E-state index contributed by atoms with van der Waals surface area (Å²) in [4.78, 5) is 16.5. The standard InChI is InChI=1S/C13H8Cl3N3O2S2/c1-5-12(22-3-2-17)23-13(18-5)19-11(21)8-9(16)6(14)4-7(15)10(8)20/h4,20H,3H2,1H3,(H,18,19,21). The van der Waals surface area contributed by atoms with Crippen LogP contribution >= 0.6 is 57.9 Å². The number of aryl methyl sites for hydroxylation is 1. The van der Waals surface area contributed by atoms with Crippen LogP contribution in [0.25, 0.3) is 0 Å². The number of amides is 1. The summed E-state index contributed by atoms with van der Waals surface area (Å²) >= 11 is 20.2. The SMILES string of the molecule is Cc1nc(NC(=O)c2c(O)c(Cl)cc(Cl)c2Cl)sc1SCC#N. The number of nitriles is 1. The first-order valence-corrected chi connectivity index (χ1v) is 8.93. The van der Waals surface area contributed by atoms with E-state index in [-0.39, 0.29) is 26.4 Å². The van der Waals surface area contributed by atoms with Gasteiger partial charge in [-0.15, -0.1) is 0 Å². The van der Waals surface area contributed by atoms with Crippen molar-refractivity contribution >= 4 is 68.9 Å². The summed E-state index contributed by atoms with van der Waals surface area (Å²) in [5.41, 5.74) is 0.480. The van der Waals surface area contributed by atoms with E-state index in [9.17, 15) is 9.90 Å². The van der Waals surface area contributed by atoms with E-state index in [0.717, 1.165) is 4.21 Å². The fourth-order valence-corrected chi connectivity index (χ4v) is 4.11. The third-order valence-electron chi connectivity index (χ3n) is 2.62. The lowest BCUT2D eigenvalue weighted by Gasteiger charge is -2.09. The van der Waals surface area contributed by atoms with Crippen LogP contribution in [0.15, 0.2) is 10.3 Å². The number of phenolic OH excluding ortho intramolecular Hbond substituents is 1. The van der Waals surface area contributed by atoms with Crippen molar-refractivity contribution in [3.8, 4) is 11.8 Å². The van der Waals surface area contributed by atoms with E-state index in [4.69, 9.17) is 40.1 Å². The van der Waals surface area contributed by atoms with Crippen LogP contribution in [0.2, 0.25) is 15.1 Å². The number of nitrogens with zero attached hydrogens (tertiary/aromatic N) is 2. The monoisotopic (exact) mass is 407 g/mol. The van der Waals surface area contributed by atoms with Crippen molar-refractivity contribution in [3.05, 3.63) is 32.4 Å². The molecule has 1 heterocycles. The average molecular weight is 409 g/mol. The number of aromatic nitrogens is 1. The zero-order valence-electron chi connectivity index (χ0n) is 11.5. The van der Waals surface area contributed by atoms with Crippen molar-refractivity contribution < 1.29 is 9.90 Å². The van der Waals surface area contributed by atoms with Crippen molar-refractivity contribution in [1.29, 1.82) is 5.26 Å². The number of hydrogen-bond donors (Lipinski definition) is 2. The van der Waals surface area contributed by atoms with E-state index in [0.29, 0.717) is 10.8 Å².